The minimum atomic E-state index is -1.22. The number of aliphatic hydroxyl groups excluding tert-OH is 2. The van der Waals surface area contributed by atoms with Crippen LogP contribution in [-0.2, 0) is 14.2 Å². The van der Waals surface area contributed by atoms with E-state index < -0.39 is 54.1 Å². The second kappa shape index (κ2) is 8.93. The highest BCUT2D eigenvalue weighted by atomic mass is 32.2. The Bertz CT molecular complexity index is 811. The number of aliphatic hydroxyl groups is 2. The lowest BCUT2D eigenvalue weighted by molar-refractivity contribution is -0.166. The topological polar surface area (TPSA) is 118 Å². The Balaban J connectivity index is 1.74. The van der Waals surface area contributed by atoms with Crippen molar-refractivity contribution in [2.24, 2.45) is 4.99 Å². The van der Waals surface area contributed by atoms with Gasteiger partial charge in [-0.15, -0.1) is 0 Å². The summed E-state index contributed by atoms with van der Waals surface area (Å²) in [5.74, 6) is -0.638. The number of fused-ring (bicyclic) bond motifs is 1. The largest absolute Gasteiger partial charge is 0.453 e. The van der Waals surface area contributed by atoms with Gasteiger partial charge in [0.1, 0.15) is 29.3 Å². The van der Waals surface area contributed by atoms with E-state index in [0.29, 0.717) is 10.7 Å². The lowest BCUT2D eigenvalue weighted by Gasteiger charge is -2.39. The Morgan fingerprint density at radius 2 is 1.93 bits per heavy atom. The van der Waals surface area contributed by atoms with Crippen molar-refractivity contribution in [2.75, 3.05) is 13.7 Å². The Kier molecular flexibility index (Phi) is 6.71. The first-order valence-corrected chi connectivity index (χ1v) is 10.4. The van der Waals surface area contributed by atoms with Crippen LogP contribution in [0.1, 0.15) is 31.1 Å². The number of esters is 1. The maximum atomic E-state index is 12.4. The zero-order valence-corrected chi connectivity index (χ0v) is 18.0. The fourth-order valence-electron chi connectivity index (χ4n) is 3.03. The van der Waals surface area contributed by atoms with E-state index in [2.05, 4.69) is 4.99 Å². The Labute approximate surface area is 179 Å². The van der Waals surface area contributed by atoms with Crippen molar-refractivity contribution in [1.82, 2.24) is 4.90 Å². The van der Waals surface area contributed by atoms with E-state index in [1.54, 1.807) is 51.1 Å². The third-order valence-corrected chi connectivity index (χ3v) is 5.72. The van der Waals surface area contributed by atoms with Gasteiger partial charge in [0.2, 0.25) is 0 Å². The second-order valence-corrected chi connectivity index (χ2v) is 9.08. The van der Waals surface area contributed by atoms with Crippen LogP contribution >= 0.6 is 11.8 Å². The first-order valence-electron chi connectivity index (χ1n) is 9.52. The number of rotatable bonds is 3. The van der Waals surface area contributed by atoms with Crippen molar-refractivity contribution in [1.29, 1.82) is 0 Å². The molecule has 30 heavy (non-hydrogen) atoms. The molecule has 2 heterocycles. The van der Waals surface area contributed by atoms with E-state index in [0.717, 1.165) is 11.8 Å². The standard InChI is InChI=1S/C20H26N2O7S/c1-20(2,3)29-19(26)22(4)18-21-13-14(24)15(12(10-23)27-17(13)30-18)28-16(25)11-8-6-5-7-9-11/h5-9,12-15,17,23-24H,10H2,1-4H3/t12-,13+,14-,15+,17+/m0/s1. The normalized spacial score (nSPS) is 28.3. The summed E-state index contributed by atoms with van der Waals surface area (Å²) in [6.07, 6.45) is -3.85. The molecular weight excluding hydrogens is 412 g/mol. The molecule has 9 nitrogen and oxygen atoms in total. The molecule has 164 valence electrons. The average Bonchev–Trinajstić information content (AvgIpc) is 3.13. The highest BCUT2D eigenvalue weighted by molar-refractivity contribution is 8.14. The van der Waals surface area contributed by atoms with E-state index in [-0.39, 0.29) is 0 Å². The molecule has 2 aliphatic rings. The molecule has 1 fully saturated rings. The molecule has 0 radical (unpaired) electrons. The smallest absolute Gasteiger partial charge is 0.416 e. The number of ether oxygens (including phenoxy) is 3. The van der Waals surface area contributed by atoms with E-state index in [1.807, 2.05) is 0 Å². The SMILES string of the molecule is CN(C(=O)OC(C)(C)C)C1=N[C@@H]2[C@H](O)[C@H](OC(=O)c3ccccc3)[C@H](CO)O[C@@H]2S1. The molecule has 0 saturated carbocycles. The summed E-state index contributed by atoms with van der Waals surface area (Å²) in [6, 6.07) is 7.57. The number of benzene rings is 1. The summed E-state index contributed by atoms with van der Waals surface area (Å²) in [7, 11) is 1.51. The van der Waals surface area contributed by atoms with Crippen LogP contribution in [0.3, 0.4) is 0 Å². The predicted octanol–water partition coefficient (Wildman–Crippen LogP) is 1.63. The number of hydrogen-bond acceptors (Lipinski definition) is 9. The molecule has 2 N–H and O–H groups in total. The maximum absolute atomic E-state index is 12.4. The maximum Gasteiger partial charge on any atom is 0.416 e. The molecule has 0 spiro atoms. The van der Waals surface area contributed by atoms with Crippen LogP contribution in [0.25, 0.3) is 0 Å². The number of amidine groups is 1. The van der Waals surface area contributed by atoms with Gasteiger partial charge in [0.05, 0.1) is 12.2 Å². The van der Waals surface area contributed by atoms with Crippen molar-refractivity contribution in [3.05, 3.63) is 35.9 Å². The monoisotopic (exact) mass is 438 g/mol. The lowest BCUT2D eigenvalue weighted by atomic mass is 9.98. The van der Waals surface area contributed by atoms with Crippen molar-refractivity contribution in [3.63, 3.8) is 0 Å². The number of carbonyl (C=O) groups is 2. The van der Waals surface area contributed by atoms with Crippen LogP contribution in [0, 0.1) is 0 Å². The van der Waals surface area contributed by atoms with Crippen LogP contribution in [0.15, 0.2) is 35.3 Å². The summed E-state index contributed by atoms with van der Waals surface area (Å²) in [4.78, 5) is 30.4. The fourth-order valence-corrected chi connectivity index (χ4v) is 4.22. The number of carbonyl (C=O) groups excluding carboxylic acids is 2. The van der Waals surface area contributed by atoms with E-state index in [9.17, 15) is 19.8 Å². The summed E-state index contributed by atoms with van der Waals surface area (Å²) >= 11 is 1.14. The third kappa shape index (κ3) is 4.94. The molecule has 10 heteroatoms. The molecule has 0 unspecified atom stereocenters. The number of thioether (sulfide) groups is 1. The third-order valence-electron chi connectivity index (χ3n) is 4.51. The van der Waals surface area contributed by atoms with Crippen LogP contribution in [0.4, 0.5) is 4.79 Å². The van der Waals surface area contributed by atoms with Crippen LogP contribution in [0.5, 0.6) is 0 Å². The molecule has 1 saturated heterocycles. The molecule has 2 aliphatic heterocycles. The van der Waals surface area contributed by atoms with Crippen molar-refractivity contribution in [2.45, 2.75) is 56.2 Å². The first-order chi connectivity index (χ1) is 14.1. The minimum Gasteiger partial charge on any atom is -0.453 e. The average molecular weight is 439 g/mol. The van der Waals surface area contributed by atoms with Crippen molar-refractivity contribution < 1.29 is 34.0 Å². The molecule has 1 aromatic carbocycles. The van der Waals surface area contributed by atoms with Gasteiger partial charge in [-0.25, -0.2) is 9.59 Å². The number of aliphatic imine (C=N–C) groups is 1. The molecule has 0 aromatic heterocycles. The Morgan fingerprint density at radius 3 is 2.53 bits per heavy atom. The number of hydrogen-bond donors (Lipinski definition) is 2. The van der Waals surface area contributed by atoms with Gasteiger partial charge in [0.25, 0.3) is 0 Å². The molecule has 0 bridgehead atoms. The molecule has 1 aromatic rings. The second-order valence-electron chi connectivity index (χ2n) is 8.01. The zero-order valence-electron chi connectivity index (χ0n) is 17.2. The molecular formula is C20H26N2O7S. The first kappa shape index (κ1) is 22.5. The summed E-state index contributed by atoms with van der Waals surface area (Å²) in [6.45, 7) is 4.82. The number of nitrogens with zero attached hydrogens (tertiary/aromatic N) is 2. The summed E-state index contributed by atoms with van der Waals surface area (Å²) < 4.78 is 16.6. The molecule has 0 aliphatic carbocycles. The Morgan fingerprint density at radius 1 is 1.27 bits per heavy atom. The lowest BCUT2D eigenvalue weighted by Crippen LogP contribution is -2.57. The van der Waals surface area contributed by atoms with Crippen LogP contribution in [0.2, 0.25) is 0 Å². The van der Waals surface area contributed by atoms with E-state index >= 15 is 0 Å². The highest BCUT2D eigenvalue weighted by Crippen LogP contribution is 2.38. The van der Waals surface area contributed by atoms with Crippen molar-refractivity contribution >= 4 is 29.0 Å². The molecule has 1 amide bonds. The van der Waals surface area contributed by atoms with Gasteiger partial charge in [-0.2, -0.15) is 0 Å². The van der Waals surface area contributed by atoms with Crippen molar-refractivity contribution in [3.8, 4) is 0 Å². The van der Waals surface area contributed by atoms with Gasteiger partial charge in [-0.05, 0) is 32.9 Å². The van der Waals surface area contributed by atoms with Gasteiger partial charge in [-0.3, -0.25) is 9.89 Å². The highest BCUT2D eigenvalue weighted by Gasteiger charge is 2.51. The predicted molar refractivity (Wildman–Crippen MR) is 110 cm³/mol. The van der Waals surface area contributed by atoms with Gasteiger partial charge in [-0.1, -0.05) is 30.0 Å². The zero-order chi connectivity index (χ0) is 22.1. The molecule has 5 atom stereocenters. The van der Waals surface area contributed by atoms with Gasteiger partial charge in [0.15, 0.2) is 11.3 Å². The minimum absolute atomic E-state index is 0.310. The summed E-state index contributed by atoms with van der Waals surface area (Å²) in [5.41, 5.74) is -0.988. The quantitative estimate of drug-likeness (QED) is 0.684. The molecule has 3 rings (SSSR count). The van der Waals surface area contributed by atoms with E-state index in [1.165, 1.54) is 11.9 Å². The van der Waals surface area contributed by atoms with E-state index in [4.69, 9.17) is 14.2 Å². The van der Waals surface area contributed by atoms with Gasteiger partial charge < -0.3 is 24.4 Å². The van der Waals surface area contributed by atoms with Gasteiger partial charge in [0, 0.05) is 7.05 Å². The summed E-state index contributed by atoms with van der Waals surface area (Å²) in [5, 5.41) is 20.9. The fraction of sp³-hybridized carbons (Fsp3) is 0.550. The number of amides is 1. The van der Waals surface area contributed by atoms with Gasteiger partial charge >= 0.3 is 12.1 Å². The Hall–Kier alpha value is -2.14. The van der Waals surface area contributed by atoms with Crippen LogP contribution in [-0.4, -0.2) is 81.4 Å². The van der Waals surface area contributed by atoms with Crippen LogP contribution < -0.4 is 0 Å².